The number of ether oxygens (including phenoxy) is 5. The summed E-state index contributed by atoms with van der Waals surface area (Å²) in [4.78, 5) is 36.1. The summed E-state index contributed by atoms with van der Waals surface area (Å²) in [6.45, 7) is 4.86. The van der Waals surface area contributed by atoms with Gasteiger partial charge in [-0.05, 0) is 42.8 Å². The molecule has 0 radical (unpaired) electrons. The lowest BCUT2D eigenvalue weighted by Crippen LogP contribution is -2.19. The molecule has 3 rings (SSSR count). The van der Waals surface area contributed by atoms with Crippen LogP contribution in [0.5, 0.6) is 11.5 Å². The monoisotopic (exact) mass is 586 g/mol. The van der Waals surface area contributed by atoms with Crippen molar-refractivity contribution in [1.29, 1.82) is 0 Å². The first-order valence-electron chi connectivity index (χ1n) is 13.1. The Bertz CT molecular complexity index is 1220. The van der Waals surface area contributed by atoms with E-state index in [1.807, 2.05) is 30.3 Å². The van der Waals surface area contributed by atoms with Gasteiger partial charge in [0.05, 0.1) is 56.2 Å². The summed E-state index contributed by atoms with van der Waals surface area (Å²) >= 11 is 1.13. The highest BCUT2D eigenvalue weighted by Gasteiger charge is 2.35. The number of rotatable bonds is 19. The predicted molar refractivity (Wildman–Crippen MR) is 154 cm³/mol. The summed E-state index contributed by atoms with van der Waals surface area (Å²) in [6.07, 6.45) is 2.23. The summed E-state index contributed by atoms with van der Waals surface area (Å²) in [7, 11) is 0. The average Bonchev–Trinajstić information content (AvgIpc) is 3.26. The second kappa shape index (κ2) is 17.8. The molecule has 2 aromatic rings. The highest BCUT2D eigenvalue weighted by Crippen LogP contribution is 2.41. The first-order valence-corrected chi connectivity index (χ1v) is 13.9. The fraction of sp³-hybridized carbons (Fsp3) is 0.345. The molecule has 3 N–H and O–H groups in total. The number of aromatic hydroxyl groups is 1. The van der Waals surface area contributed by atoms with Crippen molar-refractivity contribution >= 4 is 41.7 Å². The number of thioether (sulfide) groups is 1. The number of nitrogens with one attached hydrogen (secondary N) is 2. The van der Waals surface area contributed by atoms with Gasteiger partial charge in [0.25, 0.3) is 0 Å². The van der Waals surface area contributed by atoms with Gasteiger partial charge in [-0.3, -0.25) is 9.59 Å². The minimum absolute atomic E-state index is 0.0569. The molecule has 0 fully saturated rings. The first-order chi connectivity index (χ1) is 20.0. The molecule has 0 aliphatic carbocycles. The standard InChI is InChI=1S/C29H34N2O9S/c1-2-39-29(35)26-27(34)25(41-28(26)31-22-6-4-3-5-7-22)19-21-8-9-24(23(33)18-21)40-17-16-38-15-14-37-13-12-36-11-10-30-20-32/h3-9,18-20,31,33H,2,10-17H2,1H3,(H,30,32)/b25-19-. The third kappa shape index (κ3) is 10.6. The third-order valence-corrected chi connectivity index (χ3v) is 6.42. The largest absolute Gasteiger partial charge is 0.504 e. The molecule has 1 heterocycles. The van der Waals surface area contributed by atoms with Crippen LogP contribution in [0.25, 0.3) is 6.08 Å². The summed E-state index contributed by atoms with van der Waals surface area (Å²) in [5.74, 6) is -0.966. The van der Waals surface area contributed by atoms with E-state index in [0.717, 1.165) is 17.4 Å². The van der Waals surface area contributed by atoms with E-state index in [1.54, 1.807) is 25.1 Å². The van der Waals surface area contributed by atoms with Crippen LogP contribution in [-0.4, -0.2) is 82.7 Å². The molecule has 11 nitrogen and oxygen atoms in total. The SMILES string of the molecule is CCOC(=O)C1=C(Nc2ccccc2)S/C(=C\c2ccc(OCCOCCOCCOCCNC=O)c(O)c2)C1=O. The van der Waals surface area contributed by atoms with E-state index in [1.165, 1.54) is 6.07 Å². The third-order valence-electron chi connectivity index (χ3n) is 5.39. The Labute approximate surface area is 242 Å². The molecule has 12 heteroatoms. The first kappa shape index (κ1) is 31.7. The van der Waals surface area contributed by atoms with Gasteiger partial charge in [0.1, 0.15) is 12.2 Å². The number of phenols is 1. The van der Waals surface area contributed by atoms with Crippen LogP contribution in [0.1, 0.15) is 12.5 Å². The number of allylic oxidation sites excluding steroid dienone is 1. The Morgan fingerprint density at radius 1 is 0.951 bits per heavy atom. The maximum absolute atomic E-state index is 13.1. The zero-order valence-corrected chi connectivity index (χ0v) is 23.6. The smallest absolute Gasteiger partial charge is 0.344 e. The van der Waals surface area contributed by atoms with Crippen LogP contribution in [0.3, 0.4) is 0 Å². The van der Waals surface area contributed by atoms with Gasteiger partial charge in [0.15, 0.2) is 11.5 Å². The van der Waals surface area contributed by atoms with Crippen molar-refractivity contribution in [1.82, 2.24) is 5.32 Å². The zero-order chi connectivity index (χ0) is 29.3. The van der Waals surface area contributed by atoms with E-state index >= 15 is 0 Å². The van der Waals surface area contributed by atoms with Crippen molar-refractivity contribution in [3.05, 3.63) is 69.6 Å². The number of carbonyl (C=O) groups excluding carboxylic acids is 3. The van der Waals surface area contributed by atoms with Crippen molar-refractivity contribution in [2.45, 2.75) is 6.92 Å². The van der Waals surface area contributed by atoms with Crippen LogP contribution in [0.2, 0.25) is 0 Å². The van der Waals surface area contributed by atoms with E-state index in [4.69, 9.17) is 23.7 Å². The topological polar surface area (TPSA) is 142 Å². The maximum atomic E-state index is 13.1. The number of benzene rings is 2. The number of hydrogen-bond donors (Lipinski definition) is 3. The van der Waals surface area contributed by atoms with Crippen LogP contribution >= 0.6 is 11.8 Å². The number of amides is 1. The molecule has 0 atom stereocenters. The van der Waals surface area contributed by atoms with Crippen molar-refractivity contribution in [3.63, 3.8) is 0 Å². The maximum Gasteiger partial charge on any atom is 0.344 e. The molecule has 0 bridgehead atoms. The van der Waals surface area contributed by atoms with Gasteiger partial charge >= 0.3 is 5.97 Å². The number of anilines is 1. The van der Waals surface area contributed by atoms with E-state index in [2.05, 4.69) is 10.6 Å². The molecule has 1 aliphatic rings. The van der Waals surface area contributed by atoms with Crippen LogP contribution in [0.4, 0.5) is 5.69 Å². The fourth-order valence-corrected chi connectivity index (χ4v) is 4.55. The Morgan fingerprint density at radius 2 is 1.63 bits per heavy atom. The van der Waals surface area contributed by atoms with Crippen molar-refractivity contribution < 1.29 is 43.2 Å². The summed E-state index contributed by atoms with van der Waals surface area (Å²) < 4.78 is 26.8. The molecule has 0 saturated carbocycles. The molecule has 0 unspecified atom stereocenters. The van der Waals surface area contributed by atoms with E-state index in [0.29, 0.717) is 68.1 Å². The lowest BCUT2D eigenvalue weighted by atomic mass is 10.1. The number of hydrogen-bond acceptors (Lipinski definition) is 11. The van der Waals surface area contributed by atoms with Crippen molar-refractivity contribution in [3.8, 4) is 11.5 Å². The highest BCUT2D eigenvalue weighted by molar-refractivity contribution is 8.08. The van der Waals surface area contributed by atoms with E-state index < -0.39 is 11.8 Å². The summed E-state index contributed by atoms with van der Waals surface area (Å²) in [6, 6.07) is 14.0. The molecular formula is C29H34N2O9S. The van der Waals surface area contributed by atoms with Gasteiger partial charge in [0, 0.05) is 12.2 Å². The number of carbonyl (C=O) groups is 3. The molecule has 0 aromatic heterocycles. The highest BCUT2D eigenvalue weighted by atomic mass is 32.2. The average molecular weight is 587 g/mol. The van der Waals surface area contributed by atoms with Crippen molar-refractivity contribution in [2.24, 2.45) is 0 Å². The van der Waals surface area contributed by atoms with Gasteiger partial charge in [-0.1, -0.05) is 36.0 Å². The quantitative estimate of drug-likeness (QED) is 0.0735. The lowest BCUT2D eigenvalue weighted by Gasteiger charge is -2.10. The molecule has 220 valence electrons. The molecule has 0 spiro atoms. The van der Waals surface area contributed by atoms with Crippen LogP contribution in [-0.2, 0) is 33.3 Å². The predicted octanol–water partition coefficient (Wildman–Crippen LogP) is 3.11. The van der Waals surface area contributed by atoms with Gasteiger partial charge in [-0.25, -0.2) is 4.79 Å². The molecule has 1 amide bonds. The number of para-hydroxylation sites is 1. The van der Waals surface area contributed by atoms with Crippen LogP contribution < -0.4 is 15.4 Å². The zero-order valence-electron chi connectivity index (χ0n) is 22.8. The van der Waals surface area contributed by atoms with Crippen LogP contribution in [0.15, 0.2) is 64.0 Å². The Hall–Kier alpha value is -3.84. The lowest BCUT2D eigenvalue weighted by molar-refractivity contribution is -0.139. The van der Waals surface area contributed by atoms with Gasteiger partial charge in [-0.15, -0.1) is 0 Å². The normalized spacial score (nSPS) is 13.9. The molecule has 0 saturated heterocycles. The van der Waals surface area contributed by atoms with Gasteiger partial charge in [-0.2, -0.15) is 0 Å². The summed E-state index contributed by atoms with van der Waals surface area (Å²) in [5.41, 5.74) is 1.23. The Kier molecular flexibility index (Phi) is 13.7. The second-order valence-corrected chi connectivity index (χ2v) is 9.39. The van der Waals surface area contributed by atoms with E-state index in [9.17, 15) is 19.5 Å². The second-order valence-electron chi connectivity index (χ2n) is 8.34. The molecular weight excluding hydrogens is 552 g/mol. The molecule has 1 aliphatic heterocycles. The van der Waals surface area contributed by atoms with Crippen molar-refractivity contribution in [2.75, 3.05) is 64.7 Å². The van der Waals surface area contributed by atoms with Gasteiger partial charge < -0.3 is 39.4 Å². The number of phenolic OH excluding ortho intramolecular Hbond substituents is 1. The fourth-order valence-electron chi connectivity index (χ4n) is 3.50. The number of esters is 1. The Balaban J connectivity index is 1.46. The van der Waals surface area contributed by atoms with E-state index in [-0.39, 0.29) is 30.3 Å². The van der Waals surface area contributed by atoms with Crippen LogP contribution in [0, 0.1) is 0 Å². The minimum atomic E-state index is -0.693. The number of Topliss-reactive ketones (excluding diaryl/α,β-unsaturated/α-hetero) is 1. The Morgan fingerprint density at radius 3 is 2.29 bits per heavy atom. The minimum Gasteiger partial charge on any atom is -0.504 e. The number of ketones is 1. The molecule has 41 heavy (non-hydrogen) atoms. The van der Waals surface area contributed by atoms with Gasteiger partial charge in [0.2, 0.25) is 12.2 Å². The summed E-state index contributed by atoms with van der Waals surface area (Å²) in [5, 5.41) is 16.5. The molecule has 2 aromatic carbocycles.